The van der Waals surface area contributed by atoms with Gasteiger partial charge in [0.25, 0.3) is 0 Å². The highest BCUT2D eigenvalue weighted by molar-refractivity contribution is 5.76. The van der Waals surface area contributed by atoms with Crippen LogP contribution in [0.1, 0.15) is 12.8 Å². The average molecular weight is 370 g/mol. The maximum Gasteiger partial charge on any atom is 0.419 e. The van der Waals surface area contributed by atoms with Gasteiger partial charge in [-0.05, 0) is 30.7 Å². The van der Waals surface area contributed by atoms with Crippen LogP contribution >= 0.6 is 0 Å². The Morgan fingerprint density at radius 3 is 2.67 bits per heavy atom. The highest BCUT2D eigenvalue weighted by Gasteiger charge is 2.09. The van der Waals surface area contributed by atoms with Crippen LogP contribution in [0.3, 0.4) is 0 Å². The third kappa shape index (κ3) is 4.69. The highest BCUT2D eigenvalue weighted by atomic mass is 16.5. The fourth-order valence-electron chi connectivity index (χ4n) is 2.80. The Hall–Kier alpha value is -3.22. The molecule has 0 saturated heterocycles. The van der Waals surface area contributed by atoms with Gasteiger partial charge >= 0.3 is 5.76 Å². The number of nitrogens with one attached hydrogen (secondary N) is 1. The first-order valence-corrected chi connectivity index (χ1v) is 8.80. The maximum absolute atomic E-state index is 12.0. The molecule has 0 unspecified atom stereocenters. The number of ether oxygens (including phenoxy) is 2. The number of hydrogen-bond acceptors (Lipinski definition) is 5. The van der Waals surface area contributed by atoms with Crippen molar-refractivity contribution < 1.29 is 18.7 Å². The molecule has 0 spiro atoms. The van der Waals surface area contributed by atoms with Crippen LogP contribution in [0.25, 0.3) is 11.1 Å². The van der Waals surface area contributed by atoms with Gasteiger partial charge < -0.3 is 19.2 Å². The van der Waals surface area contributed by atoms with Gasteiger partial charge in [-0.1, -0.05) is 24.3 Å². The highest BCUT2D eigenvalue weighted by Crippen LogP contribution is 2.25. The Kier molecular flexibility index (Phi) is 6.14. The molecule has 0 atom stereocenters. The molecule has 0 aliphatic carbocycles. The number of methoxy groups -OCH3 is 1. The fraction of sp³-hybridized carbons (Fsp3) is 0.300. The Morgan fingerprint density at radius 1 is 1.11 bits per heavy atom. The smallest absolute Gasteiger partial charge is 0.419 e. The van der Waals surface area contributed by atoms with Crippen molar-refractivity contribution in [1.29, 1.82) is 0 Å². The van der Waals surface area contributed by atoms with E-state index < -0.39 is 5.76 Å². The van der Waals surface area contributed by atoms with Crippen molar-refractivity contribution >= 4 is 17.0 Å². The number of rotatable bonds is 9. The molecule has 142 valence electrons. The first kappa shape index (κ1) is 18.6. The predicted molar refractivity (Wildman–Crippen MR) is 101 cm³/mol. The summed E-state index contributed by atoms with van der Waals surface area (Å²) < 4.78 is 17.5. The fourth-order valence-corrected chi connectivity index (χ4v) is 2.80. The third-order valence-electron chi connectivity index (χ3n) is 4.11. The summed E-state index contributed by atoms with van der Waals surface area (Å²) >= 11 is 0. The predicted octanol–water partition coefficient (Wildman–Crippen LogP) is 2.58. The van der Waals surface area contributed by atoms with E-state index in [0.29, 0.717) is 49.6 Å². The van der Waals surface area contributed by atoms with Crippen molar-refractivity contribution in [2.24, 2.45) is 0 Å². The summed E-state index contributed by atoms with van der Waals surface area (Å²) in [5.74, 6) is 0.809. The molecule has 7 nitrogen and oxygen atoms in total. The van der Waals surface area contributed by atoms with Crippen LogP contribution in [0.2, 0.25) is 0 Å². The van der Waals surface area contributed by atoms with Gasteiger partial charge in [-0.25, -0.2) is 4.79 Å². The lowest BCUT2D eigenvalue weighted by Gasteiger charge is -2.10. The molecule has 1 aromatic heterocycles. The quantitative estimate of drug-likeness (QED) is 0.586. The molecule has 0 aliphatic rings. The number of amides is 1. The van der Waals surface area contributed by atoms with E-state index in [-0.39, 0.29) is 5.91 Å². The second-order valence-corrected chi connectivity index (χ2v) is 5.94. The molecule has 0 bridgehead atoms. The molecule has 27 heavy (non-hydrogen) atoms. The van der Waals surface area contributed by atoms with Crippen LogP contribution in [-0.2, 0) is 11.3 Å². The van der Waals surface area contributed by atoms with Gasteiger partial charge in [-0.2, -0.15) is 0 Å². The maximum atomic E-state index is 12.0. The zero-order valence-electron chi connectivity index (χ0n) is 15.1. The minimum absolute atomic E-state index is 0.0838. The van der Waals surface area contributed by atoms with E-state index in [1.165, 1.54) is 0 Å². The average Bonchev–Trinajstić information content (AvgIpc) is 3.01. The van der Waals surface area contributed by atoms with E-state index in [2.05, 4.69) is 5.32 Å². The topological polar surface area (TPSA) is 82.7 Å². The molecule has 0 radical (unpaired) electrons. The van der Waals surface area contributed by atoms with E-state index in [0.717, 1.165) is 5.52 Å². The number of para-hydroxylation sites is 4. The molecule has 1 heterocycles. The van der Waals surface area contributed by atoms with E-state index in [1.54, 1.807) is 17.7 Å². The summed E-state index contributed by atoms with van der Waals surface area (Å²) in [7, 11) is 1.58. The number of nitrogens with zero attached hydrogens (tertiary/aromatic N) is 1. The monoisotopic (exact) mass is 370 g/mol. The van der Waals surface area contributed by atoms with Crippen LogP contribution in [-0.4, -0.2) is 30.7 Å². The number of fused-ring (bicyclic) bond motifs is 1. The molecule has 0 fully saturated rings. The Bertz CT molecular complexity index is 960. The summed E-state index contributed by atoms with van der Waals surface area (Å²) in [4.78, 5) is 23.8. The Balaban J connectivity index is 1.40. The van der Waals surface area contributed by atoms with E-state index >= 15 is 0 Å². The van der Waals surface area contributed by atoms with Crippen molar-refractivity contribution in [3.8, 4) is 11.5 Å². The lowest BCUT2D eigenvalue weighted by molar-refractivity contribution is -0.121. The molecule has 3 aromatic rings. The van der Waals surface area contributed by atoms with Crippen LogP contribution in [0.15, 0.2) is 57.7 Å². The van der Waals surface area contributed by atoms with Gasteiger partial charge in [0.15, 0.2) is 17.1 Å². The van der Waals surface area contributed by atoms with Gasteiger partial charge in [-0.3, -0.25) is 9.36 Å². The minimum Gasteiger partial charge on any atom is -0.493 e. The van der Waals surface area contributed by atoms with Gasteiger partial charge in [0, 0.05) is 13.0 Å². The standard InChI is InChI=1S/C20H22N2O5/c1-25-17-9-4-5-10-18(17)26-14-12-21-19(23)11-6-13-22-15-7-2-3-8-16(15)27-20(22)24/h2-5,7-10H,6,11-14H2,1H3,(H,21,23). The van der Waals surface area contributed by atoms with E-state index in [4.69, 9.17) is 13.9 Å². The van der Waals surface area contributed by atoms with Gasteiger partial charge in [0.2, 0.25) is 5.91 Å². The minimum atomic E-state index is -0.401. The van der Waals surface area contributed by atoms with Crippen molar-refractivity contribution in [3.63, 3.8) is 0 Å². The van der Waals surface area contributed by atoms with Crippen LogP contribution < -0.4 is 20.5 Å². The number of benzene rings is 2. The summed E-state index contributed by atoms with van der Waals surface area (Å²) in [5, 5.41) is 2.81. The molecule has 3 rings (SSSR count). The Morgan fingerprint density at radius 2 is 1.85 bits per heavy atom. The van der Waals surface area contributed by atoms with Crippen LogP contribution in [0.5, 0.6) is 11.5 Å². The van der Waals surface area contributed by atoms with Crippen molar-refractivity contribution in [2.75, 3.05) is 20.3 Å². The third-order valence-corrected chi connectivity index (χ3v) is 4.11. The summed E-state index contributed by atoms with van der Waals surface area (Å²) in [6, 6.07) is 14.6. The summed E-state index contributed by atoms with van der Waals surface area (Å²) in [6.07, 6.45) is 0.864. The molecule has 1 amide bonds. The molecule has 2 aromatic carbocycles. The second-order valence-electron chi connectivity index (χ2n) is 5.94. The zero-order valence-corrected chi connectivity index (χ0v) is 15.1. The van der Waals surface area contributed by atoms with E-state index in [9.17, 15) is 9.59 Å². The van der Waals surface area contributed by atoms with E-state index in [1.807, 2.05) is 42.5 Å². The number of carbonyl (C=O) groups is 1. The first-order chi connectivity index (χ1) is 13.2. The number of hydrogen-bond donors (Lipinski definition) is 1. The van der Waals surface area contributed by atoms with Crippen molar-refractivity contribution in [2.45, 2.75) is 19.4 Å². The zero-order chi connectivity index (χ0) is 19.1. The number of aromatic nitrogens is 1. The van der Waals surface area contributed by atoms with Gasteiger partial charge in [-0.15, -0.1) is 0 Å². The first-order valence-electron chi connectivity index (χ1n) is 8.80. The number of oxazole rings is 1. The second kappa shape index (κ2) is 8.93. The SMILES string of the molecule is COc1ccccc1OCCNC(=O)CCCn1c(=O)oc2ccccc21. The van der Waals surface area contributed by atoms with Crippen molar-refractivity contribution in [1.82, 2.24) is 9.88 Å². The molecule has 7 heteroatoms. The molecule has 0 saturated carbocycles. The largest absolute Gasteiger partial charge is 0.493 e. The van der Waals surface area contributed by atoms with Gasteiger partial charge in [0.05, 0.1) is 19.2 Å². The lowest BCUT2D eigenvalue weighted by Crippen LogP contribution is -2.28. The normalized spacial score (nSPS) is 10.7. The lowest BCUT2D eigenvalue weighted by atomic mass is 10.2. The van der Waals surface area contributed by atoms with Crippen molar-refractivity contribution in [3.05, 3.63) is 59.1 Å². The summed E-state index contributed by atoms with van der Waals surface area (Å²) in [6.45, 7) is 1.17. The molecule has 1 N–H and O–H groups in total. The number of aryl methyl sites for hydroxylation is 1. The Labute approximate surface area is 156 Å². The molecule has 0 aliphatic heterocycles. The molecular weight excluding hydrogens is 348 g/mol. The van der Waals surface area contributed by atoms with Gasteiger partial charge in [0.1, 0.15) is 6.61 Å². The number of carbonyl (C=O) groups excluding carboxylic acids is 1. The molecular formula is C20H22N2O5. The van der Waals surface area contributed by atoms with Crippen LogP contribution in [0, 0.1) is 0 Å². The summed E-state index contributed by atoms with van der Waals surface area (Å²) in [5.41, 5.74) is 1.30. The van der Waals surface area contributed by atoms with Crippen LogP contribution in [0.4, 0.5) is 0 Å².